The van der Waals surface area contributed by atoms with Crippen molar-refractivity contribution in [3.05, 3.63) is 40.5 Å². The molecule has 2 rings (SSSR count). The molecule has 1 aromatic carbocycles. The molecule has 0 saturated heterocycles. The second-order valence-electron chi connectivity index (χ2n) is 2.88. The smallest absolute Gasteiger partial charge is 0.185 e. The number of hydrogen-bond acceptors (Lipinski definition) is 2. The molecule has 0 atom stereocenters. The molecular weight excluding hydrogens is 263 g/mol. The molecule has 76 valence electrons. The van der Waals surface area contributed by atoms with Gasteiger partial charge in [-0.15, -0.1) is 0 Å². The van der Waals surface area contributed by atoms with Gasteiger partial charge < -0.3 is 4.98 Å². The van der Waals surface area contributed by atoms with Crippen LogP contribution in [0.15, 0.2) is 28.9 Å². The molecule has 1 aromatic heterocycles. The second kappa shape index (κ2) is 3.94. The first-order valence-corrected chi connectivity index (χ1v) is 4.97. The highest BCUT2D eigenvalue weighted by atomic mass is 79.9. The summed E-state index contributed by atoms with van der Waals surface area (Å²) in [5, 5.41) is 0. The normalized spacial score (nSPS) is 10.3. The Bertz CT molecular complexity index is 510. The van der Waals surface area contributed by atoms with Crippen molar-refractivity contribution in [1.29, 1.82) is 0 Å². The summed E-state index contributed by atoms with van der Waals surface area (Å²) in [7, 11) is 0. The summed E-state index contributed by atoms with van der Waals surface area (Å²) < 4.78 is 13.9. The molecule has 0 aliphatic rings. The molecule has 1 heterocycles. The van der Waals surface area contributed by atoms with Gasteiger partial charge in [0.25, 0.3) is 0 Å². The van der Waals surface area contributed by atoms with Crippen molar-refractivity contribution >= 4 is 22.2 Å². The molecule has 0 spiro atoms. The van der Waals surface area contributed by atoms with Gasteiger partial charge in [-0.1, -0.05) is 12.1 Å². The molecule has 0 bridgehead atoms. The fraction of sp³-hybridized carbons (Fsp3) is 0. The fourth-order valence-electron chi connectivity index (χ4n) is 1.26. The SMILES string of the molecule is O=Cc1nc(-c2ccccc2F)c(Br)[nH]1. The Balaban J connectivity index is 2.58. The van der Waals surface area contributed by atoms with E-state index < -0.39 is 0 Å². The Morgan fingerprint density at radius 1 is 1.40 bits per heavy atom. The number of carbonyl (C=O) groups is 1. The fourth-order valence-corrected chi connectivity index (χ4v) is 1.76. The minimum atomic E-state index is -0.373. The van der Waals surface area contributed by atoms with Crippen molar-refractivity contribution in [3.63, 3.8) is 0 Å². The summed E-state index contributed by atoms with van der Waals surface area (Å²) in [6.45, 7) is 0. The Labute approximate surface area is 93.5 Å². The number of aromatic amines is 1. The third-order valence-electron chi connectivity index (χ3n) is 1.92. The summed E-state index contributed by atoms with van der Waals surface area (Å²) in [6, 6.07) is 6.25. The molecule has 15 heavy (non-hydrogen) atoms. The summed E-state index contributed by atoms with van der Waals surface area (Å²) in [6.07, 6.45) is 0.578. The number of hydrogen-bond donors (Lipinski definition) is 1. The molecule has 0 saturated carbocycles. The molecule has 0 aliphatic heterocycles. The maximum atomic E-state index is 13.4. The average molecular weight is 269 g/mol. The van der Waals surface area contributed by atoms with Gasteiger partial charge in [-0.2, -0.15) is 0 Å². The third kappa shape index (κ3) is 1.83. The standard InChI is InChI=1S/C10H6BrFN2O/c11-10-9(13-8(5-15)14-10)6-3-1-2-4-7(6)12/h1-5H,(H,13,14). The van der Waals surface area contributed by atoms with E-state index in [1.807, 2.05) is 0 Å². The van der Waals surface area contributed by atoms with Crippen LogP contribution in [0.2, 0.25) is 0 Å². The van der Waals surface area contributed by atoms with Crippen LogP contribution >= 0.6 is 15.9 Å². The lowest BCUT2D eigenvalue weighted by atomic mass is 10.1. The van der Waals surface area contributed by atoms with Crippen LogP contribution in [0.25, 0.3) is 11.3 Å². The number of imidazole rings is 1. The largest absolute Gasteiger partial charge is 0.330 e. The van der Waals surface area contributed by atoms with Gasteiger partial charge in [-0.05, 0) is 28.1 Å². The quantitative estimate of drug-likeness (QED) is 0.852. The maximum Gasteiger partial charge on any atom is 0.185 e. The second-order valence-corrected chi connectivity index (χ2v) is 3.68. The molecule has 0 amide bonds. The lowest BCUT2D eigenvalue weighted by molar-refractivity contribution is 0.111. The predicted molar refractivity (Wildman–Crippen MR) is 57.1 cm³/mol. The summed E-state index contributed by atoms with van der Waals surface area (Å²) in [5.74, 6) is -0.206. The van der Waals surface area contributed by atoms with Crippen LogP contribution < -0.4 is 0 Å². The van der Waals surface area contributed by atoms with E-state index in [2.05, 4.69) is 25.9 Å². The van der Waals surface area contributed by atoms with E-state index >= 15 is 0 Å². The lowest BCUT2D eigenvalue weighted by Gasteiger charge is -1.98. The number of nitrogens with zero attached hydrogens (tertiary/aromatic N) is 1. The number of nitrogens with one attached hydrogen (secondary N) is 1. The van der Waals surface area contributed by atoms with Gasteiger partial charge in [0, 0.05) is 5.56 Å². The monoisotopic (exact) mass is 268 g/mol. The Morgan fingerprint density at radius 3 is 2.73 bits per heavy atom. The van der Waals surface area contributed by atoms with Crippen LogP contribution in [-0.2, 0) is 0 Å². The van der Waals surface area contributed by atoms with Crippen molar-refractivity contribution < 1.29 is 9.18 Å². The van der Waals surface area contributed by atoms with Crippen molar-refractivity contribution in [3.8, 4) is 11.3 Å². The van der Waals surface area contributed by atoms with E-state index in [1.165, 1.54) is 6.07 Å². The van der Waals surface area contributed by atoms with E-state index in [0.717, 1.165) is 0 Å². The Kier molecular flexibility index (Phi) is 2.64. The first kappa shape index (κ1) is 10.0. The molecule has 0 radical (unpaired) electrons. The molecule has 3 nitrogen and oxygen atoms in total. The van der Waals surface area contributed by atoms with E-state index in [-0.39, 0.29) is 11.6 Å². The molecular formula is C10H6BrFN2O. The number of carbonyl (C=O) groups excluding carboxylic acids is 1. The van der Waals surface area contributed by atoms with Crippen LogP contribution in [0.1, 0.15) is 10.6 Å². The Hall–Kier alpha value is -1.49. The lowest BCUT2D eigenvalue weighted by Crippen LogP contribution is -1.85. The number of benzene rings is 1. The first-order chi connectivity index (χ1) is 7.22. The molecule has 1 N–H and O–H groups in total. The zero-order valence-corrected chi connectivity index (χ0v) is 9.08. The predicted octanol–water partition coefficient (Wildman–Crippen LogP) is 2.79. The molecule has 2 aromatic rings. The minimum Gasteiger partial charge on any atom is -0.330 e. The van der Waals surface area contributed by atoms with Gasteiger partial charge in [0.2, 0.25) is 0 Å². The van der Waals surface area contributed by atoms with Crippen LogP contribution in [0, 0.1) is 5.82 Å². The molecule has 0 aliphatic carbocycles. The zero-order valence-electron chi connectivity index (χ0n) is 7.50. The van der Waals surface area contributed by atoms with Crippen molar-refractivity contribution in [1.82, 2.24) is 9.97 Å². The van der Waals surface area contributed by atoms with E-state index in [1.54, 1.807) is 18.2 Å². The van der Waals surface area contributed by atoms with Gasteiger partial charge in [0.05, 0.1) is 0 Å². The third-order valence-corrected chi connectivity index (χ3v) is 2.49. The van der Waals surface area contributed by atoms with Gasteiger partial charge in [-0.3, -0.25) is 4.79 Å². The van der Waals surface area contributed by atoms with Crippen molar-refractivity contribution in [2.45, 2.75) is 0 Å². The topological polar surface area (TPSA) is 45.8 Å². The maximum absolute atomic E-state index is 13.4. The molecule has 5 heteroatoms. The summed E-state index contributed by atoms with van der Waals surface area (Å²) in [4.78, 5) is 17.1. The zero-order chi connectivity index (χ0) is 10.8. The first-order valence-electron chi connectivity index (χ1n) is 4.18. The number of H-pyrrole nitrogens is 1. The van der Waals surface area contributed by atoms with Gasteiger partial charge in [0.15, 0.2) is 12.1 Å². The van der Waals surface area contributed by atoms with E-state index in [4.69, 9.17) is 0 Å². The van der Waals surface area contributed by atoms with Gasteiger partial charge in [0.1, 0.15) is 16.1 Å². The average Bonchev–Trinajstić information content (AvgIpc) is 2.60. The van der Waals surface area contributed by atoms with Crippen LogP contribution in [-0.4, -0.2) is 16.3 Å². The van der Waals surface area contributed by atoms with Crippen molar-refractivity contribution in [2.75, 3.05) is 0 Å². The summed E-state index contributed by atoms with van der Waals surface area (Å²) in [5.41, 5.74) is 0.754. The van der Waals surface area contributed by atoms with E-state index in [0.29, 0.717) is 22.1 Å². The van der Waals surface area contributed by atoms with Crippen LogP contribution in [0.5, 0.6) is 0 Å². The highest BCUT2D eigenvalue weighted by Gasteiger charge is 2.12. The van der Waals surface area contributed by atoms with Gasteiger partial charge in [-0.25, -0.2) is 9.37 Å². The van der Waals surface area contributed by atoms with Crippen LogP contribution in [0.4, 0.5) is 4.39 Å². The number of rotatable bonds is 2. The minimum absolute atomic E-state index is 0.167. The van der Waals surface area contributed by atoms with E-state index in [9.17, 15) is 9.18 Å². The highest BCUT2D eigenvalue weighted by Crippen LogP contribution is 2.27. The number of halogens is 2. The van der Waals surface area contributed by atoms with Crippen LogP contribution in [0.3, 0.4) is 0 Å². The number of aldehydes is 1. The Morgan fingerprint density at radius 2 is 2.13 bits per heavy atom. The van der Waals surface area contributed by atoms with Crippen molar-refractivity contribution in [2.24, 2.45) is 0 Å². The highest BCUT2D eigenvalue weighted by molar-refractivity contribution is 9.10. The number of aromatic nitrogens is 2. The molecule has 0 fully saturated rings. The van der Waals surface area contributed by atoms with Gasteiger partial charge >= 0.3 is 0 Å². The summed E-state index contributed by atoms with van der Waals surface area (Å²) >= 11 is 3.19. The molecule has 0 unspecified atom stereocenters.